The number of nitrogens with two attached hydrogens (primary N) is 1. The third kappa shape index (κ3) is 2.99. The number of benzene rings is 1. The van der Waals surface area contributed by atoms with Crippen molar-refractivity contribution in [3.63, 3.8) is 0 Å². The molecule has 5 heteroatoms. The van der Waals surface area contributed by atoms with Gasteiger partial charge < -0.3 is 16.0 Å². The second-order valence-electron chi connectivity index (χ2n) is 6.11. The molecule has 0 aliphatic heterocycles. The molecule has 1 fully saturated rings. The molecule has 1 aliphatic rings. The lowest BCUT2D eigenvalue weighted by Crippen LogP contribution is -2.37. The zero-order valence-electron chi connectivity index (χ0n) is 13.0. The molecule has 2 amide bonds. The second kappa shape index (κ2) is 6.28. The van der Waals surface area contributed by atoms with Gasteiger partial charge in [-0.3, -0.25) is 9.59 Å². The molecule has 1 saturated carbocycles. The van der Waals surface area contributed by atoms with Crippen LogP contribution in [-0.2, 0) is 4.79 Å². The van der Waals surface area contributed by atoms with Crippen LogP contribution in [0.1, 0.15) is 47.5 Å². The Balaban J connectivity index is 1.92. The van der Waals surface area contributed by atoms with E-state index >= 15 is 0 Å². The maximum atomic E-state index is 12.0. The lowest BCUT2D eigenvalue weighted by Gasteiger charge is -2.30. The molecule has 0 saturated heterocycles. The molecule has 120 valence electrons. The lowest BCUT2D eigenvalue weighted by molar-refractivity contribution is -0.117. The van der Waals surface area contributed by atoms with Crippen molar-refractivity contribution < 1.29 is 9.59 Å². The van der Waals surface area contributed by atoms with Crippen LogP contribution in [0.5, 0.6) is 0 Å². The standard InChI is InChI=1S/C18H21N3O2/c1-2-15(22)21-13-5-3-4-12(10-13)14-7-6-11-8-9-20-17(11)16(14)18(19)23/h2,6-9,12-13,20H,1,3-5,10H2,(H2,19,23)(H,21,22). The Bertz CT molecular complexity index is 763. The number of aromatic amines is 1. The van der Waals surface area contributed by atoms with Crippen LogP contribution in [0.15, 0.2) is 37.1 Å². The first-order chi connectivity index (χ1) is 11.1. The minimum atomic E-state index is -0.412. The molecular weight excluding hydrogens is 290 g/mol. The van der Waals surface area contributed by atoms with Gasteiger partial charge in [-0.15, -0.1) is 0 Å². The smallest absolute Gasteiger partial charge is 0.251 e. The Morgan fingerprint density at radius 2 is 2.13 bits per heavy atom. The van der Waals surface area contributed by atoms with E-state index in [0.29, 0.717) is 5.56 Å². The Morgan fingerprint density at radius 3 is 2.87 bits per heavy atom. The molecule has 4 N–H and O–H groups in total. The van der Waals surface area contributed by atoms with Gasteiger partial charge in [0, 0.05) is 17.6 Å². The largest absolute Gasteiger partial charge is 0.366 e. The normalized spacial score (nSPS) is 21.0. The number of nitrogens with one attached hydrogen (secondary N) is 2. The second-order valence-corrected chi connectivity index (χ2v) is 6.11. The van der Waals surface area contributed by atoms with Crippen LogP contribution in [0.25, 0.3) is 10.9 Å². The summed E-state index contributed by atoms with van der Waals surface area (Å²) in [6.07, 6.45) is 6.87. The van der Waals surface area contributed by atoms with Gasteiger partial charge in [-0.1, -0.05) is 25.1 Å². The van der Waals surface area contributed by atoms with Crippen molar-refractivity contribution in [1.82, 2.24) is 10.3 Å². The van der Waals surface area contributed by atoms with Crippen LogP contribution in [0, 0.1) is 0 Å². The van der Waals surface area contributed by atoms with E-state index in [1.54, 1.807) is 0 Å². The molecule has 23 heavy (non-hydrogen) atoms. The minimum absolute atomic E-state index is 0.110. The van der Waals surface area contributed by atoms with Crippen molar-refractivity contribution in [3.05, 3.63) is 48.2 Å². The van der Waals surface area contributed by atoms with E-state index in [-0.39, 0.29) is 17.9 Å². The quantitative estimate of drug-likeness (QED) is 0.758. The van der Waals surface area contributed by atoms with Gasteiger partial charge in [0.2, 0.25) is 5.91 Å². The average molecular weight is 311 g/mol. The number of carbonyl (C=O) groups is 2. The fraction of sp³-hybridized carbons (Fsp3) is 0.333. The molecule has 1 aromatic heterocycles. The van der Waals surface area contributed by atoms with Crippen LogP contribution >= 0.6 is 0 Å². The predicted octanol–water partition coefficient (Wildman–Crippen LogP) is 2.60. The third-order valence-electron chi connectivity index (χ3n) is 4.65. The Labute approximate surface area is 134 Å². The molecule has 1 aliphatic carbocycles. The van der Waals surface area contributed by atoms with Crippen LogP contribution < -0.4 is 11.1 Å². The van der Waals surface area contributed by atoms with Crippen LogP contribution in [0.4, 0.5) is 0 Å². The molecule has 2 unspecified atom stereocenters. The number of hydrogen-bond acceptors (Lipinski definition) is 2. The number of amides is 2. The zero-order valence-corrected chi connectivity index (χ0v) is 13.0. The molecule has 3 rings (SSSR count). The summed E-state index contributed by atoms with van der Waals surface area (Å²) in [4.78, 5) is 26.6. The number of H-pyrrole nitrogens is 1. The van der Waals surface area contributed by atoms with E-state index in [1.165, 1.54) is 6.08 Å². The summed E-state index contributed by atoms with van der Waals surface area (Å²) in [6.45, 7) is 3.49. The monoisotopic (exact) mass is 311 g/mol. The van der Waals surface area contributed by atoms with Crippen molar-refractivity contribution in [2.24, 2.45) is 5.73 Å². The van der Waals surface area contributed by atoms with Gasteiger partial charge in [-0.2, -0.15) is 0 Å². The first kappa shape index (κ1) is 15.3. The molecule has 5 nitrogen and oxygen atoms in total. The Morgan fingerprint density at radius 1 is 1.30 bits per heavy atom. The van der Waals surface area contributed by atoms with Crippen LogP contribution in [0.2, 0.25) is 0 Å². The number of carbonyl (C=O) groups excluding carboxylic acids is 2. The SMILES string of the molecule is C=CC(=O)NC1CCCC(c2ccc3cc[nH]c3c2C(N)=O)C1. The first-order valence-corrected chi connectivity index (χ1v) is 7.93. The number of fused-ring (bicyclic) bond motifs is 1. The van der Waals surface area contributed by atoms with E-state index in [2.05, 4.69) is 16.9 Å². The van der Waals surface area contributed by atoms with Gasteiger partial charge >= 0.3 is 0 Å². The number of hydrogen-bond donors (Lipinski definition) is 3. The number of rotatable bonds is 4. The zero-order chi connectivity index (χ0) is 16.4. The van der Waals surface area contributed by atoms with Crippen molar-refractivity contribution in [2.45, 2.75) is 37.6 Å². The summed E-state index contributed by atoms with van der Waals surface area (Å²) in [5.41, 5.74) is 7.99. The first-order valence-electron chi connectivity index (χ1n) is 7.93. The molecular formula is C18H21N3O2. The van der Waals surface area contributed by atoms with Gasteiger partial charge in [-0.05, 0) is 42.9 Å². The van der Waals surface area contributed by atoms with E-state index < -0.39 is 5.91 Å². The van der Waals surface area contributed by atoms with Crippen molar-refractivity contribution in [2.75, 3.05) is 0 Å². The van der Waals surface area contributed by atoms with E-state index in [9.17, 15) is 9.59 Å². The highest BCUT2D eigenvalue weighted by Gasteiger charge is 2.27. The van der Waals surface area contributed by atoms with Gasteiger partial charge in [0.15, 0.2) is 0 Å². The highest BCUT2D eigenvalue weighted by Crippen LogP contribution is 2.36. The molecule has 0 radical (unpaired) electrons. The summed E-state index contributed by atoms with van der Waals surface area (Å²) in [5.74, 6) is -0.343. The Hall–Kier alpha value is -2.56. The van der Waals surface area contributed by atoms with E-state index in [0.717, 1.165) is 42.1 Å². The van der Waals surface area contributed by atoms with Gasteiger partial charge in [0.1, 0.15) is 0 Å². The molecule has 2 aromatic rings. The average Bonchev–Trinajstić information content (AvgIpc) is 3.02. The highest BCUT2D eigenvalue weighted by atomic mass is 16.1. The fourth-order valence-corrected chi connectivity index (χ4v) is 3.61. The molecule has 0 bridgehead atoms. The lowest BCUT2D eigenvalue weighted by atomic mass is 9.79. The summed E-state index contributed by atoms with van der Waals surface area (Å²) in [5, 5.41) is 3.95. The number of primary amides is 1. The van der Waals surface area contributed by atoms with Gasteiger partial charge in [0.05, 0.1) is 11.1 Å². The molecule has 2 atom stereocenters. The van der Waals surface area contributed by atoms with Crippen molar-refractivity contribution >= 4 is 22.7 Å². The molecule has 1 aromatic carbocycles. The highest BCUT2D eigenvalue weighted by molar-refractivity contribution is 6.06. The van der Waals surface area contributed by atoms with Crippen LogP contribution in [-0.4, -0.2) is 22.8 Å². The molecule has 0 spiro atoms. The maximum absolute atomic E-state index is 12.0. The van der Waals surface area contributed by atoms with Gasteiger partial charge in [0.25, 0.3) is 5.91 Å². The number of aromatic nitrogens is 1. The van der Waals surface area contributed by atoms with Crippen LogP contribution in [0.3, 0.4) is 0 Å². The fourth-order valence-electron chi connectivity index (χ4n) is 3.61. The van der Waals surface area contributed by atoms with E-state index in [4.69, 9.17) is 5.73 Å². The summed E-state index contributed by atoms with van der Waals surface area (Å²) in [7, 11) is 0. The van der Waals surface area contributed by atoms with E-state index in [1.807, 2.05) is 24.4 Å². The summed E-state index contributed by atoms with van der Waals surface area (Å²) < 4.78 is 0. The van der Waals surface area contributed by atoms with Gasteiger partial charge in [-0.25, -0.2) is 0 Å². The summed E-state index contributed by atoms with van der Waals surface area (Å²) >= 11 is 0. The minimum Gasteiger partial charge on any atom is -0.366 e. The molecule has 1 heterocycles. The third-order valence-corrected chi connectivity index (χ3v) is 4.65. The predicted molar refractivity (Wildman–Crippen MR) is 90.2 cm³/mol. The van der Waals surface area contributed by atoms with Crippen molar-refractivity contribution in [1.29, 1.82) is 0 Å². The van der Waals surface area contributed by atoms with Crippen molar-refractivity contribution in [3.8, 4) is 0 Å². The summed E-state index contributed by atoms with van der Waals surface area (Å²) in [6, 6.07) is 6.05. The maximum Gasteiger partial charge on any atom is 0.251 e. The topological polar surface area (TPSA) is 88.0 Å². The Kier molecular flexibility index (Phi) is 4.19.